The van der Waals surface area contributed by atoms with E-state index in [1.54, 1.807) is 12.1 Å². The van der Waals surface area contributed by atoms with Gasteiger partial charge >= 0.3 is 0 Å². The Hall–Kier alpha value is -2.25. The van der Waals surface area contributed by atoms with Crippen molar-refractivity contribution in [2.75, 3.05) is 13.2 Å². The van der Waals surface area contributed by atoms with Crippen molar-refractivity contribution in [2.45, 2.75) is 19.8 Å². The standard InChI is InChI=1S/C21H20BrNO4S/c1-2-27-17-13-16(22)11-15(19(17)24)12-18-20(25)23(21(26)28-18)10-6-9-14-7-4-3-5-8-14/h3-5,7-8,11-13,24H,2,6,9-10H2,1H3/b18-12+. The number of carbonyl (C=O) groups is 2. The van der Waals surface area contributed by atoms with Gasteiger partial charge in [-0.2, -0.15) is 0 Å². The number of carbonyl (C=O) groups excluding carboxylic acids is 2. The Kier molecular flexibility index (Phi) is 6.80. The second kappa shape index (κ2) is 9.30. The van der Waals surface area contributed by atoms with E-state index >= 15 is 0 Å². The quantitative estimate of drug-likeness (QED) is 0.572. The maximum atomic E-state index is 12.7. The zero-order chi connectivity index (χ0) is 20.1. The third-order valence-corrected chi connectivity index (χ3v) is 5.58. The number of aryl methyl sites for hydroxylation is 1. The molecular weight excluding hydrogens is 442 g/mol. The maximum Gasteiger partial charge on any atom is 0.293 e. The summed E-state index contributed by atoms with van der Waals surface area (Å²) >= 11 is 4.26. The van der Waals surface area contributed by atoms with Crippen LogP contribution in [0.2, 0.25) is 0 Å². The molecule has 0 aromatic heterocycles. The fourth-order valence-electron chi connectivity index (χ4n) is 2.89. The van der Waals surface area contributed by atoms with Gasteiger partial charge in [0, 0.05) is 16.6 Å². The predicted octanol–water partition coefficient (Wildman–Crippen LogP) is 5.22. The Balaban J connectivity index is 1.72. The average molecular weight is 462 g/mol. The van der Waals surface area contributed by atoms with E-state index in [0.717, 1.165) is 18.2 Å². The van der Waals surface area contributed by atoms with Gasteiger partial charge in [0.25, 0.3) is 11.1 Å². The fraction of sp³-hybridized carbons (Fsp3) is 0.238. The van der Waals surface area contributed by atoms with Crippen LogP contribution in [0.5, 0.6) is 11.5 Å². The molecule has 0 spiro atoms. The fourth-order valence-corrected chi connectivity index (χ4v) is 4.20. The lowest BCUT2D eigenvalue weighted by Gasteiger charge is -2.12. The summed E-state index contributed by atoms with van der Waals surface area (Å²) in [4.78, 5) is 26.5. The van der Waals surface area contributed by atoms with Crippen molar-refractivity contribution in [1.29, 1.82) is 0 Å². The zero-order valence-corrected chi connectivity index (χ0v) is 17.8. The zero-order valence-electron chi connectivity index (χ0n) is 15.4. The van der Waals surface area contributed by atoms with Crippen molar-refractivity contribution in [3.8, 4) is 11.5 Å². The van der Waals surface area contributed by atoms with E-state index in [0.29, 0.717) is 40.3 Å². The smallest absolute Gasteiger partial charge is 0.293 e. The Morgan fingerprint density at radius 1 is 1.21 bits per heavy atom. The second-order valence-electron chi connectivity index (χ2n) is 6.20. The second-order valence-corrected chi connectivity index (χ2v) is 8.11. The van der Waals surface area contributed by atoms with Crippen molar-refractivity contribution in [2.24, 2.45) is 0 Å². The highest BCUT2D eigenvalue weighted by Gasteiger charge is 2.34. The molecular formula is C21H20BrNO4S. The number of ether oxygens (including phenoxy) is 1. The Bertz CT molecular complexity index is 914. The van der Waals surface area contributed by atoms with Crippen molar-refractivity contribution >= 4 is 44.9 Å². The lowest BCUT2D eigenvalue weighted by molar-refractivity contribution is -0.122. The molecule has 0 saturated carbocycles. The van der Waals surface area contributed by atoms with Gasteiger partial charge in [0.2, 0.25) is 0 Å². The van der Waals surface area contributed by atoms with Gasteiger partial charge in [-0.25, -0.2) is 0 Å². The molecule has 1 fully saturated rings. The van der Waals surface area contributed by atoms with Crippen LogP contribution in [0.4, 0.5) is 4.79 Å². The molecule has 0 aliphatic carbocycles. The van der Waals surface area contributed by atoms with Crippen LogP contribution in [0.3, 0.4) is 0 Å². The number of amides is 2. The molecule has 0 unspecified atom stereocenters. The SMILES string of the molecule is CCOc1cc(Br)cc(/C=C2/SC(=O)N(CCCc3ccccc3)C2=O)c1O. The number of aromatic hydroxyl groups is 1. The summed E-state index contributed by atoms with van der Waals surface area (Å²) in [5.74, 6) is -0.0634. The molecule has 7 heteroatoms. The van der Waals surface area contributed by atoms with Gasteiger partial charge in [0.1, 0.15) is 0 Å². The largest absolute Gasteiger partial charge is 0.504 e. The van der Waals surface area contributed by atoms with E-state index in [1.165, 1.54) is 16.5 Å². The van der Waals surface area contributed by atoms with Gasteiger partial charge < -0.3 is 9.84 Å². The summed E-state index contributed by atoms with van der Waals surface area (Å²) < 4.78 is 6.12. The molecule has 28 heavy (non-hydrogen) atoms. The van der Waals surface area contributed by atoms with Crippen LogP contribution >= 0.6 is 27.7 Å². The summed E-state index contributed by atoms with van der Waals surface area (Å²) in [5, 5.41) is 10.1. The number of benzene rings is 2. The number of halogens is 1. The number of rotatable bonds is 7. The summed E-state index contributed by atoms with van der Waals surface area (Å²) in [7, 11) is 0. The van der Waals surface area contributed by atoms with E-state index < -0.39 is 0 Å². The van der Waals surface area contributed by atoms with E-state index in [9.17, 15) is 14.7 Å². The van der Waals surface area contributed by atoms with Gasteiger partial charge in [-0.15, -0.1) is 0 Å². The Labute approximate surface area is 176 Å². The topological polar surface area (TPSA) is 66.8 Å². The number of hydrogen-bond acceptors (Lipinski definition) is 5. The van der Waals surface area contributed by atoms with Gasteiger partial charge in [0.15, 0.2) is 11.5 Å². The normalized spacial score (nSPS) is 15.5. The highest BCUT2D eigenvalue weighted by Crippen LogP contribution is 2.38. The summed E-state index contributed by atoms with van der Waals surface area (Å²) in [5.41, 5.74) is 1.60. The lowest BCUT2D eigenvalue weighted by atomic mass is 10.1. The highest BCUT2D eigenvalue weighted by atomic mass is 79.9. The molecule has 0 radical (unpaired) electrons. The van der Waals surface area contributed by atoms with E-state index in [2.05, 4.69) is 15.9 Å². The minimum absolute atomic E-state index is 0.0547. The molecule has 5 nitrogen and oxygen atoms in total. The molecule has 1 N–H and O–H groups in total. The molecule has 0 atom stereocenters. The van der Waals surface area contributed by atoms with E-state index in [1.807, 2.05) is 37.3 Å². The van der Waals surface area contributed by atoms with E-state index in [4.69, 9.17) is 4.74 Å². The number of phenols is 1. The number of imide groups is 1. The van der Waals surface area contributed by atoms with Crippen LogP contribution in [0.1, 0.15) is 24.5 Å². The van der Waals surface area contributed by atoms with Crippen LogP contribution in [0, 0.1) is 0 Å². The van der Waals surface area contributed by atoms with E-state index in [-0.39, 0.29) is 16.9 Å². The van der Waals surface area contributed by atoms with Gasteiger partial charge in [0.05, 0.1) is 11.5 Å². The molecule has 1 heterocycles. The molecule has 3 rings (SSSR count). The maximum absolute atomic E-state index is 12.7. The van der Waals surface area contributed by atoms with Gasteiger partial charge in [-0.05, 0) is 55.3 Å². The van der Waals surface area contributed by atoms with Crippen molar-refractivity contribution in [1.82, 2.24) is 4.90 Å². The molecule has 2 aromatic rings. The minimum Gasteiger partial charge on any atom is -0.504 e. The number of hydrogen-bond donors (Lipinski definition) is 1. The third-order valence-electron chi connectivity index (χ3n) is 4.22. The van der Waals surface area contributed by atoms with Gasteiger partial charge in [-0.1, -0.05) is 46.3 Å². The first-order valence-electron chi connectivity index (χ1n) is 8.94. The van der Waals surface area contributed by atoms with Gasteiger partial charge in [-0.3, -0.25) is 14.5 Å². The average Bonchev–Trinajstić information content (AvgIpc) is 2.94. The first-order chi connectivity index (χ1) is 13.5. The first kappa shape index (κ1) is 20.5. The Morgan fingerprint density at radius 3 is 2.68 bits per heavy atom. The molecule has 2 aromatic carbocycles. The summed E-state index contributed by atoms with van der Waals surface area (Å²) in [6.45, 7) is 2.59. The lowest BCUT2D eigenvalue weighted by Crippen LogP contribution is -2.29. The van der Waals surface area contributed by atoms with Crippen molar-refractivity contribution in [3.63, 3.8) is 0 Å². The van der Waals surface area contributed by atoms with Crippen LogP contribution in [0.25, 0.3) is 6.08 Å². The summed E-state index contributed by atoms with van der Waals surface area (Å²) in [6.07, 6.45) is 3.03. The first-order valence-corrected chi connectivity index (χ1v) is 10.5. The molecule has 1 aliphatic heterocycles. The van der Waals surface area contributed by atoms with Crippen LogP contribution in [-0.4, -0.2) is 34.3 Å². The Morgan fingerprint density at radius 2 is 1.96 bits per heavy atom. The van der Waals surface area contributed by atoms with Crippen LogP contribution in [-0.2, 0) is 11.2 Å². The van der Waals surface area contributed by atoms with Crippen molar-refractivity contribution in [3.05, 3.63) is 63.0 Å². The molecule has 0 bridgehead atoms. The monoisotopic (exact) mass is 461 g/mol. The van der Waals surface area contributed by atoms with Crippen LogP contribution < -0.4 is 4.74 Å². The number of nitrogens with zero attached hydrogens (tertiary/aromatic N) is 1. The molecule has 1 aliphatic rings. The molecule has 1 saturated heterocycles. The molecule has 146 valence electrons. The predicted molar refractivity (Wildman–Crippen MR) is 114 cm³/mol. The highest BCUT2D eigenvalue weighted by molar-refractivity contribution is 9.10. The number of thioether (sulfide) groups is 1. The third kappa shape index (κ3) is 4.77. The van der Waals surface area contributed by atoms with Crippen molar-refractivity contribution < 1.29 is 19.4 Å². The molecule has 2 amide bonds. The van der Waals surface area contributed by atoms with Crippen LogP contribution in [0.15, 0.2) is 51.8 Å². The summed E-state index contributed by atoms with van der Waals surface area (Å²) in [6, 6.07) is 13.3. The number of phenolic OH excluding ortho intramolecular Hbond substituents is 1. The minimum atomic E-state index is -0.333.